The zero-order chi connectivity index (χ0) is 18.1. The lowest BCUT2D eigenvalue weighted by molar-refractivity contribution is -0.736. The SMILES string of the molecule is CO[N+](=O)c1ccc(Oc2c(Cl)cc(S(N)(=O)=O)cc2Cl)c(Cl)c1. The smallest absolute Gasteiger partial charge is 0.318 e. The summed E-state index contributed by atoms with van der Waals surface area (Å²) in [5.41, 5.74) is 0.150. The highest BCUT2D eigenvalue weighted by Gasteiger charge is 2.20. The number of halogens is 3. The summed E-state index contributed by atoms with van der Waals surface area (Å²) in [4.78, 5) is 15.9. The van der Waals surface area contributed by atoms with Gasteiger partial charge in [-0.3, -0.25) is 0 Å². The summed E-state index contributed by atoms with van der Waals surface area (Å²) in [6.45, 7) is 0. The second-order valence-corrected chi connectivity index (χ2v) is 7.20. The predicted molar refractivity (Wildman–Crippen MR) is 89.7 cm³/mol. The summed E-state index contributed by atoms with van der Waals surface area (Å²) >= 11 is 18.0. The van der Waals surface area contributed by atoms with Gasteiger partial charge in [0, 0.05) is 12.1 Å². The second-order valence-electron chi connectivity index (χ2n) is 4.42. The molecule has 0 saturated heterocycles. The van der Waals surface area contributed by atoms with Crippen LogP contribution in [0, 0.1) is 4.91 Å². The van der Waals surface area contributed by atoms with Crippen molar-refractivity contribution in [2.45, 2.75) is 4.90 Å². The number of rotatable bonds is 5. The Bertz CT molecular complexity index is 895. The molecule has 0 aliphatic heterocycles. The van der Waals surface area contributed by atoms with Gasteiger partial charge in [0.15, 0.2) is 12.9 Å². The van der Waals surface area contributed by atoms with Crippen molar-refractivity contribution in [1.82, 2.24) is 0 Å². The minimum absolute atomic E-state index is 0.00824. The van der Waals surface area contributed by atoms with E-state index in [2.05, 4.69) is 4.84 Å². The fourth-order valence-electron chi connectivity index (χ4n) is 1.70. The van der Waals surface area contributed by atoms with Gasteiger partial charge in [0.05, 0.1) is 24.9 Å². The average Bonchev–Trinajstić information content (AvgIpc) is 2.50. The molecule has 0 saturated carbocycles. The summed E-state index contributed by atoms with van der Waals surface area (Å²) in [5, 5.41) is 4.97. The Morgan fingerprint density at radius 3 is 2.08 bits per heavy atom. The van der Waals surface area contributed by atoms with E-state index in [9.17, 15) is 13.3 Å². The van der Waals surface area contributed by atoms with E-state index in [1.54, 1.807) is 0 Å². The number of nitrogens with two attached hydrogens (primary N) is 1. The van der Waals surface area contributed by atoms with Crippen LogP contribution < -0.4 is 9.88 Å². The van der Waals surface area contributed by atoms with Crippen molar-refractivity contribution in [3.8, 4) is 11.5 Å². The van der Waals surface area contributed by atoms with Crippen LogP contribution in [0.25, 0.3) is 0 Å². The fraction of sp³-hybridized carbons (Fsp3) is 0.0769. The van der Waals surface area contributed by atoms with Crippen LogP contribution in [-0.2, 0) is 14.9 Å². The van der Waals surface area contributed by atoms with Crippen LogP contribution in [0.15, 0.2) is 35.2 Å². The van der Waals surface area contributed by atoms with Crippen LogP contribution in [-0.4, -0.2) is 20.5 Å². The molecule has 0 aliphatic rings. The first-order valence-corrected chi connectivity index (χ1v) is 8.82. The van der Waals surface area contributed by atoms with Crippen molar-refractivity contribution in [2.24, 2.45) is 5.14 Å². The maximum absolute atomic E-state index is 11.4. The minimum Gasteiger partial charge on any atom is -0.453 e. The largest absolute Gasteiger partial charge is 0.453 e. The first-order valence-electron chi connectivity index (χ1n) is 6.14. The highest BCUT2D eigenvalue weighted by molar-refractivity contribution is 7.89. The first-order chi connectivity index (χ1) is 11.1. The van der Waals surface area contributed by atoms with Crippen molar-refractivity contribution in [3.63, 3.8) is 0 Å². The van der Waals surface area contributed by atoms with E-state index in [1.807, 2.05) is 0 Å². The fourth-order valence-corrected chi connectivity index (χ4v) is 3.17. The number of benzene rings is 2. The van der Waals surface area contributed by atoms with Gasteiger partial charge in [0.25, 0.3) is 4.92 Å². The molecule has 0 amide bonds. The lowest BCUT2D eigenvalue weighted by atomic mass is 10.3. The van der Waals surface area contributed by atoms with E-state index in [-0.39, 0.29) is 42.1 Å². The Hall–Kier alpha value is -1.58. The summed E-state index contributed by atoms with van der Waals surface area (Å²) in [6, 6.07) is 6.32. The molecule has 0 bridgehead atoms. The molecule has 0 heterocycles. The molecule has 2 N–H and O–H groups in total. The molecule has 0 radical (unpaired) electrons. The van der Waals surface area contributed by atoms with Crippen molar-refractivity contribution < 1.29 is 22.9 Å². The molecule has 0 aliphatic carbocycles. The molecule has 0 spiro atoms. The van der Waals surface area contributed by atoms with Gasteiger partial charge in [-0.05, 0) is 18.2 Å². The molecule has 7 nitrogen and oxygen atoms in total. The van der Waals surface area contributed by atoms with Gasteiger partial charge in [-0.2, -0.15) is 0 Å². The van der Waals surface area contributed by atoms with E-state index in [0.717, 1.165) is 12.1 Å². The summed E-state index contributed by atoms with van der Waals surface area (Å²) in [5.74, 6) is 0.142. The topological polar surface area (TPSA) is 98.7 Å². The molecule has 24 heavy (non-hydrogen) atoms. The van der Waals surface area contributed by atoms with Crippen LogP contribution in [0.3, 0.4) is 0 Å². The van der Waals surface area contributed by atoms with Crippen molar-refractivity contribution >= 4 is 50.5 Å². The Balaban J connectivity index is 2.40. The Morgan fingerprint density at radius 2 is 1.62 bits per heavy atom. The lowest BCUT2D eigenvalue weighted by Crippen LogP contribution is -2.12. The maximum atomic E-state index is 11.4. The molecule has 0 atom stereocenters. The predicted octanol–water partition coefficient (Wildman–Crippen LogP) is 4.06. The quantitative estimate of drug-likeness (QED) is 0.747. The number of sulfonamides is 1. The van der Waals surface area contributed by atoms with Gasteiger partial charge in [-0.1, -0.05) is 34.8 Å². The van der Waals surface area contributed by atoms with Gasteiger partial charge in [0.1, 0.15) is 5.75 Å². The third-order valence-corrected chi connectivity index (χ3v) is 4.55. The Kier molecular flexibility index (Phi) is 5.56. The minimum atomic E-state index is -3.97. The molecular formula is C13H10Cl3N2O5S+. The Labute approximate surface area is 152 Å². The zero-order valence-electron chi connectivity index (χ0n) is 12.0. The van der Waals surface area contributed by atoms with Crippen LogP contribution in [0.2, 0.25) is 15.1 Å². The number of nitrogens with zero attached hydrogens (tertiary/aromatic N) is 1. The summed E-state index contributed by atoms with van der Waals surface area (Å²) < 4.78 is 28.2. The van der Waals surface area contributed by atoms with Gasteiger partial charge >= 0.3 is 5.69 Å². The molecule has 11 heteroatoms. The van der Waals surface area contributed by atoms with E-state index < -0.39 is 10.0 Å². The van der Waals surface area contributed by atoms with E-state index in [1.165, 1.54) is 25.3 Å². The molecule has 2 rings (SSSR count). The summed E-state index contributed by atoms with van der Waals surface area (Å²) in [7, 11) is -2.76. The molecular weight excluding hydrogens is 403 g/mol. The molecule has 0 aromatic heterocycles. The van der Waals surface area contributed by atoms with Crippen molar-refractivity contribution in [2.75, 3.05) is 7.11 Å². The van der Waals surface area contributed by atoms with Gasteiger partial charge in [-0.15, -0.1) is 0 Å². The van der Waals surface area contributed by atoms with Crippen LogP contribution in [0.1, 0.15) is 0 Å². The number of primary sulfonamides is 1. The van der Waals surface area contributed by atoms with Crippen molar-refractivity contribution in [1.29, 1.82) is 0 Å². The normalized spacial score (nSPS) is 11.2. The lowest BCUT2D eigenvalue weighted by Gasteiger charge is -2.11. The molecule has 0 unspecified atom stereocenters. The van der Waals surface area contributed by atoms with E-state index >= 15 is 0 Å². The van der Waals surface area contributed by atoms with Crippen LogP contribution in [0.5, 0.6) is 11.5 Å². The maximum Gasteiger partial charge on any atom is 0.318 e. The average molecular weight is 413 g/mol. The van der Waals surface area contributed by atoms with E-state index in [0.29, 0.717) is 0 Å². The molecule has 2 aromatic carbocycles. The second kappa shape index (κ2) is 7.12. The zero-order valence-corrected chi connectivity index (χ0v) is 15.1. The third-order valence-electron chi connectivity index (χ3n) is 2.80. The standard InChI is InChI=1S/C13H10Cl3N2O5S/c1-22-18(19)7-2-3-12(9(14)4-7)23-13-10(15)5-8(6-11(13)16)24(17,20)21/h2-6H,1H3,(H2,17,20,21)/q+1. The third kappa shape index (κ3) is 4.08. The highest BCUT2D eigenvalue weighted by Crippen LogP contribution is 2.40. The Morgan fingerprint density at radius 1 is 1.04 bits per heavy atom. The van der Waals surface area contributed by atoms with Gasteiger partial charge in [-0.25, -0.2) is 18.4 Å². The highest BCUT2D eigenvalue weighted by atomic mass is 35.5. The first kappa shape index (κ1) is 18.8. The van der Waals surface area contributed by atoms with Crippen LogP contribution in [0.4, 0.5) is 5.69 Å². The summed E-state index contributed by atoms with van der Waals surface area (Å²) in [6.07, 6.45) is 0. The molecule has 2 aromatic rings. The molecule has 0 fully saturated rings. The molecule has 128 valence electrons. The van der Waals surface area contributed by atoms with E-state index in [4.69, 9.17) is 44.7 Å². The van der Waals surface area contributed by atoms with Gasteiger partial charge in [0.2, 0.25) is 10.0 Å². The monoisotopic (exact) mass is 411 g/mol. The number of ether oxygens (including phenoxy) is 1. The van der Waals surface area contributed by atoms with Crippen LogP contribution >= 0.6 is 34.8 Å². The number of hydrogen-bond donors (Lipinski definition) is 1. The van der Waals surface area contributed by atoms with Gasteiger partial charge < -0.3 is 4.74 Å². The van der Waals surface area contributed by atoms with Crippen molar-refractivity contribution in [3.05, 3.63) is 50.3 Å². The number of hydrogen-bond acceptors (Lipinski definition) is 5.